The van der Waals surface area contributed by atoms with Gasteiger partial charge in [0.15, 0.2) is 0 Å². The largest absolute Gasteiger partial charge is 0.395 e. The Bertz CT molecular complexity index is 400. The van der Waals surface area contributed by atoms with E-state index in [4.69, 9.17) is 8.85 Å². The zero-order chi connectivity index (χ0) is 15.7. The first kappa shape index (κ1) is 18.3. The molecule has 0 aliphatic heterocycles. The van der Waals surface area contributed by atoms with Gasteiger partial charge in [0.2, 0.25) is 0 Å². The monoisotopic (exact) mass is 316 g/mol. The zero-order valence-electron chi connectivity index (χ0n) is 13.3. The number of hydrogen-bond donors (Lipinski definition) is 0. The van der Waals surface area contributed by atoms with Gasteiger partial charge in [-0.05, 0) is 57.0 Å². The summed E-state index contributed by atoms with van der Waals surface area (Å²) in [4.78, 5) is 0. The lowest BCUT2D eigenvalue weighted by Crippen LogP contribution is -2.38. The van der Waals surface area contributed by atoms with Crippen LogP contribution in [0.1, 0.15) is 38.7 Å². The lowest BCUT2D eigenvalue weighted by molar-refractivity contribution is 0.188. The first-order valence-corrected chi connectivity index (χ1v) is 10.2. The standard InChI is InChI=1S/C16H26F2O2Si/c1-4-19-21(3,20-5-2)10-8-6-7-9-14-11-15(17)13-16(18)12-14/h11-13H,4-10H2,1-3H3. The summed E-state index contributed by atoms with van der Waals surface area (Å²) in [5.41, 5.74) is 0.724. The lowest BCUT2D eigenvalue weighted by atomic mass is 10.1. The van der Waals surface area contributed by atoms with Crippen molar-refractivity contribution in [3.05, 3.63) is 35.4 Å². The van der Waals surface area contributed by atoms with Gasteiger partial charge in [-0.1, -0.05) is 12.8 Å². The average Bonchev–Trinajstić information content (AvgIpc) is 2.37. The summed E-state index contributed by atoms with van der Waals surface area (Å²) in [6.45, 7) is 7.45. The molecule has 0 bridgehead atoms. The molecule has 0 fully saturated rings. The second kappa shape index (κ2) is 9.28. The van der Waals surface area contributed by atoms with Crippen LogP contribution >= 0.6 is 0 Å². The van der Waals surface area contributed by atoms with Crippen molar-refractivity contribution in [2.45, 2.75) is 52.1 Å². The highest BCUT2D eigenvalue weighted by Gasteiger charge is 2.29. The molecule has 1 rings (SSSR count). The molecule has 0 aromatic heterocycles. The van der Waals surface area contributed by atoms with Crippen LogP contribution in [0.3, 0.4) is 0 Å². The third-order valence-corrected chi connectivity index (χ3v) is 6.48. The van der Waals surface area contributed by atoms with Crippen LogP contribution in [0.5, 0.6) is 0 Å². The number of aryl methyl sites for hydroxylation is 1. The molecule has 0 heterocycles. The Hall–Kier alpha value is -0.783. The van der Waals surface area contributed by atoms with Crippen molar-refractivity contribution < 1.29 is 17.6 Å². The lowest BCUT2D eigenvalue weighted by Gasteiger charge is -2.25. The van der Waals surface area contributed by atoms with Gasteiger partial charge in [-0.3, -0.25) is 0 Å². The van der Waals surface area contributed by atoms with E-state index < -0.39 is 20.2 Å². The van der Waals surface area contributed by atoms with Crippen molar-refractivity contribution in [3.8, 4) is 0 Å². The Morgan fingerprint density at radius 2 is 1.48 bits per heavy atom. The van der Waals surface area contributed by atoms with Crippen molar-refractivity contribution in [3.63, 3.8) is 0 Å². The van der Waals surface area contributed by atoms with Gasteiger partial charge in [-0.2, -0.15) is 0 Å². The van der Waals surface area contributed by atoms with E-state index in [2.05, 4.69) is 6.55 Å². The molecular weight excluding hydrogens is 290 g/mol. The number of rotatable bonds is 10. The fraction of sp³-hybridized carbons (Fsp3) is 0.625. The molecule has 2 nitrogen and oxygen atoms in total. The Kier molecular flexibility index (Phi) is 8.07. The van der Waals surface area contributed by atoms with E-state index in [1.165, 1.54) is 12.1 Å². The van der Waals surface area contributed by atoms with Crippen molar-refractivity contribution in [1.82, 2.24) is 0 Å². The molecule has 0 atom stereocenters. The molecule has 0 aliphatic rings. The van der Waals surface area contributed by atoms with E-state index in [-0.39, 0.29) is 0 Å². The van der Waals surface area contributed by atoms with E-state index in [1.54, 1.807) is 0 Å². The maximum Gasteiger partial charge on any atom is 0.334 e. The van der Waals surface area contributed by atoms with Gasteiger partial charge in [-0.15, -0.1) is 0 Å². The molecule has 0 radical (unpaired) electrons. The Morgan fingerprint density at radius 1 is 0.905 bits per heavy atom. The molecular formula is C16H26F2O2Si. The highest BCUT2D eigenvalue weighted by Crippen LogP contribution is 2.19. The van der Waals surface area contributed by atoms with Crippen LogP contribution in [0, 0.1) is 11.6 Å². The van der Waals surface area contributed by atoms with Crippen molar-refractivity contribution in [2.75, 3.05) is 13.2 Å². The predicted octanol–water partition coefficient (Wildman–Crippen LogP) is 4.82. The van der Waals surface area contributed by atoms with Crippen molar-refractivity contribution in [2.24, 2.45) is 0 Å². The second-order valence-electron chi connectivity index (χ2n) is 5.34. The first-order chi connectivity index (χ1) is 9.99. The van der Waals surface area contributed by atoms with Gasteiger partial charge in [-0.25, -0.2) is 8.78 Å². The van der Waals surface area contributed by atoms with E-state index >= 15 is 0 Å². The maximum absolute atomic E-state index is 13.1. The SMILES string of the molecule is CCO[Si](C)(CCCCCc1cc(F)cc(F)c1)OCC. The summed E-state index contributed by atoms with van der Waals surface area (Å²) in [6, 6.07) is 4.68. The fourth-order valence-corrected chi connectivity index (χ4v) is 4.99. The van der Waals surface area contributed by atoms with Crippen LogP contribution in [0.15, 0.2) is 18.2 Å². The number of halogens is 2. The molecule has 21 heavy (non-hydrogen) atoms. The summed E-state index contributed by atoms with van der Waals surface area (Å²) in [5, 5.41) is 0. The smallest absolute Gasteiger partial charge is 0.334 e. The van der Waals surface area contributed by atoms with Crippen LogP contribution in [0.4, 0.5) is 8.78 Å². The summed E-state index contributed by atoms with van der Waals surface area (Å²) in [7, 11) is -2.02. The second-order valence-corrected chi connectivity index (χ2v) is 8.68. The van der Waals surface area contributed by atoms with Gasteiger partial charge in [0.1, 0.15) is 11.6 Å². The summed E-state index contributed by atoms with van der Waals surface area (Å²) < 4.78 is 37.7. The highest BCUT2D eigenvalue weighted by atomic mass is 28.4. The van der Waals surface area contributed by atoms with E-state index in [0.29, 0.717) is 19.6 Å². The van der Waals surface area contributed by atoms with Gasteiger partial charge in [0, 0.05) is 19.3 Å². The molecule has 1 aromatic rings. The van der Waals surface area contributed by atoms with Crippen molar-refractivity contribution >= 4 is 8.56 Å². The number of unbranched alkanes of at least 4 members (excludes halogenated alkanes) is 2. The molecule has 0 aliphatic carbocycles. The Labute approximate surface area is 127 Å². The molecule has 1 aromatic carbocycles. The first-order valence-electron chi connectivity index (χ1n) is 7.72. The Balaban J connectivity index is 2.30. The van der Waals surface area contributed by atoms with E-state index in [0.717, 1.165) is 36.9 Å². The van der Waals surface area contributed by atoms with E-state index in [1.807, 2.05) is 13.8 Å². The van der Waals surface area contributed by atoms with E-state index in [9.17, 15) is 8.78 Å². The molecule has 0 saturated carbocycles. The molecule has 0 amide bonds. The molecule has 0 spiro atoms. The fourth-order valence-electron chi connectivity index (χ4n) is 2.50. The summed E-state index contributed by atoms with van der Waals surface area (Å²) >= 11 is 0. The zero-order valence-corrected chi connectivity index (χ0v) is 14.3. The van der Waals surface area contributed by atoms with Gasteiger partial charge in [0.05, 0.1) is 0 Å². The molecule has 0 saturated heterocycles. The Morgan fingerprint density at radius 3 is 2.00 bits per heavy atom. The summed E-state index contributed by atoms with van der Waals surface area (Å²) in [6.07, 6.45) is 3.67. The maximum atomic E-state index is 13.1. The van der Waals surface area contributed by atoms with Gasteiger partial charge >= 0.3 is 8.56 Å². The van der Waals surface area contributed by atoms with Crippen LogP contribution in [-0.4, -0.2) is 21.8 Å². The molecule has 120 valence electrons. The quantitative estimate of drug-likeness (QED) is 0.455. The van der Waals surface area contributed by atoms with Crippen LogP contribution < -0.4 is 0 Å². The third kappa shape index (κ3) is 7.15. The number of benzene rings is 1. The van der Waals surface area contributed by atoms with Crippen LogP contribution in [-0.2, 0) is 15.3 Å². The minimum Gasteiger partial charge on any atom is -0.395 e. The van der Waals surface area contributed by atoms with Gasteiger partial charge < -0.3 is 8.85 Å². The minimum absolute atomic E-state index is 0.502. The third-order valence-electron chi connectivity index (χ3n) is 3.42. The number of hydrogen-bond acceptors (Lipinski definition) is 2. The van der Waals surface area contributed by atoms with Crippen LogP contribution in [0.2, 0.25) is 12.6 Å². The molecule has 5 heteroatoms. The van der Waals surface area contributed by atoms with Gasteiger partial charge in [0.25, 0.3) is 0 Å². The predicted molar refractivity (Wildman–Crippen MR) is 83.6 cm³/mol. The minimum atomic E-state index is -2.02. The average molecular weight is 316 g/mol. The molecule has 0 unspecified atom stereocenters. The topological polar surface area (TPSA) is 18.5 Å². The highest BCUT2D eigenvalue weighted by molar-refractivity contribution is 6.66. The summed E-state index contributed by atoms with van der Waals surface area (Å²) in [5.74, 6) is -1.00. The van der Waals surface area contributed by atoms with Crippen molar-refractivity contribution in [1.29, 1.82) is 0 Å². The normalized spacial score (nSPS) is 11.9. The molecule has 0 N–H and O–H groups in total. The van der Waals surface area contributed by atoms with Crippen LogP contribution in [0.25, 0.3) is 0 Å².